The fourth-order valence-corrected chi connectivity index (χ4v) is 3.36. The van der Waals surface area contributed by atoms with Crippen LogP contribution in [0.2, 0.25) is 0 Å². The Kier molecular flexibility index (Phi) is 3.64. The Hall–Kier alpha value is -2.61. The van der Waals surface area contributed by atoms with Gasteiger partial charge in [-0.05, 0) is 52.8 Å². The van der Waals surface area contributed by atoms with Gasteiger partial charge in [-0.1, -0.05) is 57.2 Å². The van der Waals surface area contributed by atoms with Gasteiger partial charge >= 0.3 is 0 Å². The summed E-state index contributed by atoms with van der Waals surface area (Å²) in [7, 11) is 0. The van der Waals surface area contributed by atoms with Crippen LogP contribution >= 0.6 is 0 Å². The Balaban J connectivity index is 1.79. The van der Waals surface area contributed by atoms with Gasteiger partial charge in [-0.15, -0.1) is 0 Å². The third-order valence-electron chi connectivity index (χ3n) is 4.76. The molecule has 0 fully saturated rings. The smallest absolute Gasteiger partial charge is 0.135 e. The van der Waals surface area contributed by atoms with Crippen LogP contribution in [-0.2, 0) is 11.8 Å². The first-order valence-corrected chi connectivity index (χ1v) is 8.61. The van der Waals surface area contributed by atoms with Crippen molar-refractivity contribution in [1.82, 2.24) is 0 Å². The predicted octanol–water partition coefficient (Wildman–Crippen LogP) is 6.61. The number of benzene rings is 3. The van der Waals surface area contributed by atoms with Crippen molar-refractivity contribution in [3.63, 3.8) is 0 Å². The van der Waals surface area contributed by atoms with E-state index >= 15 is 0 Å². The van der Waals surface area contributed by atoms with Crippen molar-refractivity contribution >= 4 is 21.9 Å². The predicted molar refractivity (Wildman–Crippen MR) is 102 cm³/mol. The molecule has 2 heteroatoms. The lowest BCUT2D eigenvalue weighted by Gasteiger charge is -2.19. The fraction of sp³-hybridized carbons (Fsp3) is 0.217. The molecule has 1 aromatic heterocycles. The molecule has 3 aromatic carbocycles. The molecule has 4 aromatic rings. The van der Waals surface area contributed by atoms with E-state index in [1.807, 2.05) is 12.1 Å². The molecular formula is C23H21FO. The molecule has 0 amide bonds. The highest BCUT2D eigenvalue weighted by atomic mass is 19.1. The fourth-order valence-electron chi connectivity index (χ4n) is 3.36. The van der Waals surface area contributed by atoms with Crippen LogP contribution in [0, 0.1) is 5.82 Å². The number of halogens is 1. The van der Waals surface area contributed by atoms with Crippen LogP contribution < -0.4 is 0 Å². The molecular weight excluding hydrogens is 311 g/mol. The summed E-state index contributed by atoms with van der Waals surface area (Å²) >= 11 is 0. The van der Waals surface area contributed by atoms with Gasteiger partial charge in [-0.2, -0.15) is 0 Å². The van der Waals surface area contributed by atoms with E-state index in [-0.39, 0.29) is 11.2 Å². The molecule has 1 nitrogen and oxygen atoms in total. The molecule has 0 saturated carbocycles. The zero-order valence-electron chi connectivity index (χ0n) is 14.8. The SMILES string of the molecule is CC(C)(C)c1ccc(Cc2cccc3oc4ccc(F)cc4c23)cc1. The minimum Gasteiger partial charge on any atom is -0.456 e. The van der Waals surface area contributed by atoms with E-state index in [1.54, 1.807) is 12.1 Å². The average molecular weight is 332 g/mol. The Morgan fingerprint density at radius 2 is 1.64 bits per heavy atom. The molecule has 0 atom stereocenters. The van der Waals surface area contributed by atoms with Gasteiger partial charge in [0.2, 0.25) is 0 Å². The van der Waals surface area contributed by atoms with Crippen LogP contribution in [0.1, 0.15) is 37.5 Å². The van der Waals surface area contributed by atoms with Gasteiger partial charge in [0.1, 0.15) is 17.0 Å². The standard InChI is InChI=1S/C23H21FO/c1-23(2,3)17-9-7-15(8-10-17)13-16-5-4-6-21-22(16)19-14-18(24)11-12-20(19)25-21/h4-12,14H,13H2,1-3H3. The van der Waals surface area contributed by atoms with Crippen molar-refractivity contribution in [3.8, 4) is 0 Å². The summed E-state index contributed by atoms with van der Waals surface area (Å²) in [5.74, 6) is -0.237. The van der Waals surface area contributed by atoms with Crippen LogP contribution in [0.3, 0.4) is 0 Å². The molecule has 0 spiro atoms. The van der Waals surface area contributed by atoms with Crippen LogP contribution in [0.4, 0.5) is 4.39 Å². The van der Waals surface area contributed by atoms with Crippen LogP contribution in [0.5, 0.6) is 0 Å². The molecule has 0 saturated heterocycles. The lowest BCUT2D eigenvalue weighted by molar-refractivity contribution is 0.590. The summed E-state index contributed by atoms with van der Waals surface area (Å²) in [6.45, 7) is 6.65. The Labute approximate surface area is 147 Å². The largest absolute Gasteiger partial charge is 0.456 e. The zero-order chi connectivity index (χ0) is 17.6. The maximum atomic E-state index is 13.7. The molecule has 0 bridgehead atoms. The number of fused-ring (bicyclic) bond motifs is 3. The van der Waals surface area contributed by atoms with Gasteiger partial charge in [0, 0.05) is 10.8 Å². The van der Waals surface area contributed by atoms with Crippen molar-refractivity contribution in [3.05, 3.63) is 83.2 Å². The summed E-state index contributed by atoms with van der Waals surface area (Å²) in [6.07, 6.45) is 0.799. The summed E-state index contributed by atoms with van der Waals surface area (Å²) in [4.78, 5) is 0. The van der Waals surface area contributed by atoms with Crippen molar-refractivity contribution in [2.75, 3.05) is 0 Å². The second kappa shape index (κ2) is 5.73. The monoisotopic (exact) mass is 332 g/mol. The molecule has 0 aliphatic rings. The molecule has 0 unspecified atom stereocenters. The number of rotatable bonds is 2. The number of hydrogen-bond donors (Lipinski definition) is 0. The Bertz CT molecular complexity index is 1050. The molecule has 0 N–H and O–H groups in total. The quantitative estimate of drug-likeness (QED) is 0.402. The van der Waals surface area contributed by atoms with E-state index in [4.69, 9.17) is 4.42 Å². The first kappa shape index (κ1) is 15.9. The third kappa shape index (κ3) is 2.93. The first-order chi connectivity index (χ1) is 11.9. The molecule has 126 valence electrons. The normalized spacial score (nSPS) is 12.2. The van der Waals surface area contributed by atoms with Crippen molar-refractivity contribution in [2.24, 2.45) is 0 Å². The topological polar surface area (TPSA) is 13.1 Å². The minimum atomic E-state index is -0.237. The second-order valence-electron chi connectivity index (χ2n) is 7.66. The van der Waals surface area contributed by atoms with Gasteiger partial charge < -0.3 is 4.42 Å². The highest BCUT2D eigenvalue weighted by Gasteiger charge is 2.14. The average Bonchev–Trinajstić information content (AvgIpc) is 2.93. The number of hydrogen-bond acceptors (Lipinski definition) is 1. The maximum Gasteiger partial charge on any atom is 0.135 e. The molecule has 0 aliphatic heterocycles. The first-order valence-electron chi connectivity index (χ1n) is 8.61. The van der Waals surface area contributed by atoms with Gasteiger partial charge in [-0.3, -0.25) is 0 Å². The van der Waals surface area contributed by atoms with E-state index in [9.17, 15) is 4.39 Å². The van der Waals surface area contributed by atoms with Crippen molar-refractivity contribution < 1.29 is 8.81 Å². The van der Waals surface area contributed by atoms with E-state index in [0.29, 0.717) is 0 Å². The van der Waals surface area contributed by atoms with Gasteiger partial charge in [0.05, 0.1) is 0 Å². The van der Waals surface area contributed by atoms with Gasteiger partial charge in [0.25, 0.3) is 0 Å². The van der Waals surface area contributed by atoms with Crippen LogP contribution in [0.25, 0.3) is 21.9 Å². The molecule has 1 heterocycles. The lowest BCUT2D eigenvalue weighted by Crippen LogP contribution is -2.10. The lowest BCUT2D eigenvalue weighted by atomic mass is 9.86. The van der Waals surface area contributed by atoms with Gasteiger partial charge in [-0.25, -0.2) is 4.39 Å². The summed E-state index contributed by atoms with van der Waals surface area (Å²) < 4.78 is 19.6. The third-order valence-corrected chi connectivity index (χ3v) is 4.76. The van der Waals surface area contributed by atoms with Crippen LogP contribution in [0.15, 0.2) is 65.1 Å². The Morgan fingerprint density at radius 1 is 0.880 bits per heavy atom. The van der Waals surface area contributed by atoms with E-state index in [1.165, 1.54) is 17.2 Å². The molecule has 25 heavy (non-hydrogen) atoms. The second-order valence-corrected chi connectivity index (χ2v) is 7.66. The molecule has 0 aliphatic carbocycles. The van der Waals surface area contributed by atoms with Crippen molar-refractivity contribution in [2.45, 2.75) is 32.6 Å². The minimum absolute atomic E-state index is 0.150. The Morgan fingerprint density at radius 3 is 2.36 bits per heavy atom. The van der Waals surface area contributed by atoms with Crippen molar-refractivity contribution in [1.29, 1.82) is 0 Å². The highest BCUT2D eigenvalue weighted by molar-refractivity contribution is 6.06. The summed E-state index contributed by atoms with van der Waals surface area (Å²) in [5.41, 5.74) is 5.41. The van der Waals surface area contributed by atoms with Crippen LogP contribution in [-0.4, -0.2) is 0 Å². The van der Waals surface area contributed by atoms with Gasteiger partial charge in [0.15, 0.2) is 0 Å². The summed E-state index contributed by atoms with van der Waals surface area (Å²) in [5, 5.41) is 1.86. The molecule has 0 radical (unpaired) electrons. The van der Waals surface area contributed by atoms with E-state index in [0.717, 1.165) is 33.9 Å². The zero-order valence-corrected chi connectivity index (χ0v) is 14.8. The van der Waals surface area contributed by atoms with E-state index in [2.05, 4.69) is 51.1 Å². The molecule has 4 rings (SSSR count). The summed E-state index contributed by atoms with van der Waals surface area (Å²) in [6, 6.07) is 19.5. The maximum absolute atomic E-state index is 13.7. The highest BCUT2D eigenvalue weighted by Crippen LogP contribution is 2.33. The van der Waals surface area contributed by atoms with E-state index < -0.39 is 0 Å². The number of furan rings is 1.